The maximum Gasteiger partial charge on any atom is 0.254 e. The van der Waals surface area contributed by atoms with Crippen LogP contribution >= 0.6 is 0 Å². The molecule has 1 saturated heterocycles. The second-order valence-corrected chi connectivity index (χ2v) is 7.26. The minimum absolute atomic E-state index is 0.0306. The Kier molecular flexibility index (Phi) is 4.44. The van der Waals surface area contributed by atoms with Gasteiger partial charge in [0.25, 0.3) is 5.56 Å². The van der Waals surface area contributed by atoms with Crippen molar-refractivity contribution in [3.8, 4) is 11.5 Å². The van der Waals surface area contributed by atoms with E-state index in [0.29, 0.717) is 17.9 Å². The Labute approximate surface area is 153 Å². The first-order chi connectivity index (χ1) is 12.6. The fourth-order valence-electron chi connectivity index (χ4n) is 4.39. The molecule has 2 bridgehead atoms. The number of nitrogens with zero attached hydrogens (tertiary/aromatic N) is 2. The summed E-state index contributed by atoms with van der Waals surface area (Å²) >= 11 is 0. The third kappa shape index (κ3) is 3.09. The number of aryl methyl sites for hydroxylation is 1. The zero-order valence-corrected chi connectivity index (χ0v) is 15.5. The van der Waals surface area contributed by atoms with E-state index in [4.69, 9.17) is 9.47 Å². The highest BCUT2D eigenvalue weighted by Gasteiger charge is 2.38. The predicted octanol–water partition coefficient (Wildman–Crippen LogP) is 2.23. The molecule has 2 aliphatic heterocycles. The molecule has 1 fully saturated rings. The smallest absolute Gasteiger partial charge is 0.254 e. The molecule has 1 aromatic heterocycles. The van der Waals surface area contributed by atoms with Crippen LogP contribution in [0, 0.1) is 6.92 Å². The zero-order chi connectivity index (χ0) is 18.3. The van der Waals surface area contributed by atoms with Gasteiger partial charge in [-0.3, -0.25) is 9.69 Å². The molecule has 1 aromatic carbocycles. The number of rotatable bonds is 4. The molecular weight excluding hydrogens is 330 g/mol. The SMILES string of the molecule is COc1cc(CN2[C@@H]3CC[C@H]2Cc2nc(C)[nH]c(=O)c2C3)cc(OC)c1. The number of hydrogen-bond acceptors (Lipinski definition) is 5. The third-order valence-electron chi connectivity index (χ3n) is 5.64. The molecule has 2 aliphatic rings. The molecule has 3 heterocycles. The van der Waals surface area contributed by atoms with Gasteiger partial charge < -0.3 is 14.5 Å². The largest absolute Gasteiger partial charge is 0.497 e. The van der Waals surface area contributed by atoms with E-state index in [1.165, 1.54) is 5.56 Å². The Morgan fingerprint density at radius 3 is 2.42 bits per heavy atom. The van der Waals surface area contributed by atoms with Gasteiger partial charge in [0.15, 0.2) is 0 Å². The number of ether oxygens (including phenoxy) is 2. The lowest BCUT2D eigenvalue weighted by Crippen LogP contribution is -2.36. The van der Waals surface area contributed by atoms with Gasteiger partial charge in [-0.25, -0.2) is 4.98 Å². The Balaban J connectivity index is 1.64. The number of aromatic amines is 1. The maximum absolute atomic E-state index is 12.4. The quantitative estimate of drug-likeness (QED) is 0.911. The first kappa shape index (κ1) is 17.1. The number of hydrogen-bond donors (Lipinski definition) is 1. The second kappa shape index (κ2) is 6.76. The van der Waals surface area contributed by atoms with Gasteiger partial charge in [0.2, 0.25) is 0 Å². The molecule has 1 N–H and O–H groups in total. The minimum Gasteiger partial charge on any atom is -0.497 e. The molecule has 0 spiro atoms. The second-order valence-electron chi connectivity index (χ2n) is 7.26. The van der Waals surface area contributed by atoms with Crippen molar-refractivity contribution in [1.29, 1.82) is 0 Å². The lowest BCUT2D eigenvalue weighted by atomic mass is 9.98. The van der Waals surface area contributed by atoms with Crippen LogP contribution in [-0.2, 0) is 19.4 Å². The standard InChI is InChI=1S/C20H25N3O3/c1-12-21-19-9-15-5-4-14(8-18(19)20(24)22-12)23(15)11-13-6-16(25-2)10-17(7-13)26-3/h6-7,10,14-15H,4-5,8-9,11H2,1-3H3,(H,21,22,24)/t14-,15+/m1/s1. The highest BCUT2D eigenvalue weighted by atomic mass is 16.5. The van der Waals surface area contributed by atoms with E-state index in [1.807, 2.05) is 13.0 Å². The van der Waals surface area contributed by atoms with E-state index in [0.717, 1.165) is 55.0 Å². The molecule has 6 heteroatoms. The molecule has 2 atom stereocenters. The molecule has 26 heavy (non-hydrogen) atoms. The Morgan fingerprint density at radius 2 is 1.77 bits per heavy atom. The van der Waals surface area contributed by atoms with Crippen LogP contribution in [0.5, 0.6) is 11.5 Å². The predicted molar refractivity (Wildman–Crippen MR) is 98.9 cm³/mol. The fraction of sp³-hybridized carbons (Fsp3) is 0.500. The Morgan fingerprint density at radius 1 is 1.12 bits per heavy atom. The van der Waals surface area contributed by atoms with Gasteiger partial charge in [-0.2, -0.15) is 0 Å². The topological polar surface area (TPSA) is 67.5 Å². The van der Waals surface area contributed by atoms with E-state index in [9.17, 15) is 4.79 Å². The van der Waals surface area contributed by atoms with Crippen molar-refractivity contribution >= 4 is 0 Å². The molecule has 0 aliphatic carbocycles. The van der Waals surface area contributed by atoms with Gasteiger partial charge >= 0.3 is 0 Å². The maximum atomic E-state index is 12.4. The van der Waals surface area contributed by atoms with Crippen molar-refractivity contribution in [2.24, 2.45) is 0 Å². The number of methoxy groups -OCH3 is 2. The third-order valence-corrected chi connectivity index (χ3v) is 5.64. The highest BCUT2D eigenvalue weighted by molar-refractivity contribution is 5.38. The van der Waals surface area contributed by atoms with Gasteiger partial charge in [-0.05, 0) is 43.9 Å². The van der Waals surface area contributed by atoms with Crippen molar-refractivity contribution in [3.05, 3.63) is 51.2 Å². The van der Waals surface area contributed by atoms with Crippen LogP contribution < -0.4 is 15.0 Å². The molecule has 138 valence electrons. The summed E-state index contributed by atoms with van der Waals surface area (Å²) in [6.07, 6.45) is 3.89. The van der Waals surface area contributed by atoms with Crippen LogP contribution in [-0.4, -0.2) is 41.2 Å². The van der Waals surface area contributed by atoms with Crippen LogP contribution in [0.15, 0.2) is 23.0 Å². The molecule has 4 rings (SSSR count). The number of H-pyrrole nitrogens is 1. The van der Waals surface area contributed by atoms with Crippen molar-refractivity contribution in [2.45, 2.75) is 51.2 Å². The van der Waals surface area contributed by atoms with Crippen LogP contribution in [0.4, 0.5) is 0 Å². The van der Waals surface area contributed by atoms with E-state index >= 15 is 0 Å². The van der Waals surface area contributed by atoms with Crippen LogP contribution in [0.1, 0.15) is 35.5 Å². The molecule has 0 radical (unpaired) electrons. The summed E-state index contributed by atoms with van der Waals surface area (Å²) in [7, 11) is 3.34. The number of nitrogens with one attached hydrogen (secondary N) is 1. The average Bonchev–Trinajstić information content (AvgIpc) is 2.90. The van der Waals surface area contributed by atoms with Crippen molar-refractivity contribution in [3.63, 3.8) is 0 Å². The van der Waals surface area contributed by atoms with Crippen LogP contribution in [0.3, 0.4) is 0 Å². The summed E-state index contributed by atoms with van der Waals surface area (Å²) in [6, 6.07) is 6.82. The molecule has 2 aromatic rings. The van der Waals surface area contributed by atoms with E-state index < -0.39 is 0 Å². The number of aromatic nitrogens is 2. The van der Waals surface area contributed by atoms with Crippen LogP contribution in [0.25, 0.3) is 0 Å². The van der Waals surface area contributed by atoms with Crippen molar-refractivity contribution < 1.29 is 9.47 Å². The van der Waals surface area contributed by atoms with Gasteiger partial charge in [0, 0.05) is 36.7 Å². The fourth-order valence-corrected chi connectivity index (χ4v) is 4.39. The molecular formula is C20H25N3O3. The molecule has 6 nitrogen and oxygen atoms in total. The minimum atomic E-state index is 0.0306. The average molecular weight is 355 g/mol. The lowest BCUT2D eigenvalue weighted by Gasteiger charge is -2.28. The normalized spacial score (nSPS) is 22.0. The zero-order valence-electron chi connectivity index (χ0n) is 15.5. The van der Waals surface area contributed by atoms with E-state index in [-0.39, 0.29) is 5.56 Å². The summed E-state index contributed by atoms with van der Waals surface area (Å²) < 4.78 is 10.8. The number of benzene rings is 1. The highest BCUT2D eigenvalue weighted by Crippen LogP contribution is 2.34. The summed E-state index contributed by atoms with van der Waals surface area (Å²) in [5.74, 6) is 2.31. The first-order valence-corrected chi connectivity index (χ1v) is 9.13. The summed E-state index contributed by atoms with van der Waals surface area (Å²) in [5, 5.41) is 0. The Hall–Kier alpha value is -2.34. The lowest BCUT2D eigenvalue weighted by molar-refractivity contribution is 0.187. The summed E-state index contributed by atoms with van der Waals surface area (Å²) in [6.45, 7) is 2.68. The summed E-state index contributed by atoms with van der Waals surface area (Å²) in [4.78, 5) is 22.4. The Bertz CT molecular complexity index is 855. The summed E-state index contributed by atoms with van der Waals surface area (Å²) in [5.41, 5.74) is 3.05. The molecule has 0 saturated carbocycles. The molecule has 0 amide bonds. The number of fused-ring (bicyclic) bond motifs is 3. The first-order valence-electron chi connectivity index (χ1n) is 9.13. The van der Waals surface area contributed by atoms with E-state index in [1.54, 1.807) is 14.2 Å². The van der Waals surface area contributed by atoms with Crippen LogP contribution in [0.2, 0.25) is 0 Å². The monoisotopic (exact) mass is 355 g/mol. The van der Waals surface area contributed by atoms with E-state index in [2.05, 4.69) is 27.0 Å². The van der Waals surface area contributed by atoms with Gasteiger partial charge in [0.05, 0.1) is 19.9 Å². The van der Waals surface area contributed by atoms with Gasteiger partial charge in [-0.15, -0.1) is 0 Å². The van der Waals surface area contributed by atoms with Crippen molar-refractivity contribution in [2.75, 3.05) is 14.2 Å². The molecule has 0 unspecified atom stereocenters. The van der Waals surface area contributed by atoms with Gasteiger partial charge in [-0.1, -0.05) is 0 Å². The van der Waals surface area contributed by atoms with Crippen molar-refractivity contribution in [1.82, 2.24) is 14.9 Å². The van der Waals surface area contributed by atoms with Gasteiger partial charge in [0.1, 0.15) is 17.3 Å².